The molecule has 0 saturated heterocycles. The van der Waals surface area contributed by atoms with Crippen LogP contribution in [0.25, 0.3) is 16.5 Å². The first-order valence-corrected chi connectivity index (χ1v) is 14.3. The lowest BCUT2D eigenvalue weighted by Crippen LogP contribution is -2.25. The van der Waals surface area contributed by atoms with Crippen molar-refractivity contribution in [1.29, 1.82) is 0 Å². The number of hydrogen-bond donors (Lipinski definition) is 2. The highest BCUT2D eigenvalue weighted by Gasteiger charge is 2.32. The van der Waals surface area contributed by atoms with E-state index in [0.29, 0.717) is 17.0 Å². The summed E-state index contributed by atoms with van der Waals surface area (Å²) in [6, 6.07) is 19.2. The number of halogens is 7. The van der Waals surface area contributed by atoms with Crippen molar-refractivity contribution in [3.8, 4) is 5.69 Å². The number of anilines is 1. The van der Waals surface area contributed by atoms with Gasteiger partial charge < -0.3 is 10.6 Å². The van der Waals surface area contributed by atoms with E-state index >= 15 is 0 Å². The summed E-state index contributed by atoms with van der Waals surface area (Å²) in [6.07, 6.45) is -9.33. The van der Waals surface area contributed by atoms with E-state index in [0.717, 1.165) is 41.4 Å². The number of nitrogens with zero attached hydrogens (tertiary/aromatic N) is 3. The maximum atomic E-state index is 13.5. The molecule has 2 N–H and O–H groups in total. The maximum absolute atomic E-state index is 13.5. The molecule has 0 aliphatic carbocycles. The van der Waals surface area contributed by atoms with E-state index in [2.05, 4.69) is 20.8 Å². The third-order valence-corrected chi connectivity index (χ3v) is 7.73. The van der Waals surface area contributed by atoms with Gasteiger partial charge in [0.1, 0.15) is 0 Å². The number of fused-ring (bicyclic) bond motifs is 1. The third-order valence-electron chi connectivity index (χ3n) is 6.47. The highest BCUT2D eigenvalue weighted by atomic mass is 35.5. The van der Waals surface area contributed by atoms with Crippen LogP contribution in [0.15, 0.2) is 90.1 Å². The normalized spacial score (nSPS) is 11.9. The van der Waals surface area contributed by atoms with Crippen molar-refractivity contribution in [3.05, 3.63) is 112 Å². The second-order valence-corrected chi connectivity index (χ2v) is 10.9. The van der Waals surface area contributed by atoms with Crippen LogP contribution in [0.4, 0.5) is 32.0 Å². The average Bonchev–Trinajstić information content (AvgIpc) is 3.41. The molecule has 0 aliphatic heterocycles. The van der Waals surface area contributed by atoms with Crippen LogP contribution in [0.2, 0.25) is 5.02 Å². The number of amides is 2. The van der Waals surface area contributed by atoms with Crippen LogP contribution < -0.4 is 10.6 Å². The molecule has 5 rings (SSSR count). The van der Waals surface area contributed by atoms with Gasteiger partial charge in [0.05, 0.1) is 39.8 Å². The van der Waals surface area contributed by atoms with Crippen molar-refractivity contribution in [3.63, 3.8) is 0 Å². The number of alkyl halides is 6. The number of nitrogens with one attached hydrogen (secondary N) is 2. The van der Waals surface area contributed by atoms with Crippen LogP contribution in [0.5, 0.6) is 0 Å². The minimum absolute atomic E-state index is 0.00553. The van der Waals surface area contributed by atoms with Gasteiger partial charge in [-0.25, -0.2) is 0 Å². The Morgan fingerprint density at radius 3 is 2.27 bits per heavy atom. The molecule has 0 saturated carbocycles. The Balaban J connectivity index is 1.39. The van der Waals surface area contributed by atoms with Crippen molar-refractivity contribution in [1.82, 2.24) is 20.1 Å². The summed E-state index contributed by atoms with van der Waals surface area (Å²) in [6.45, 7) is -0.238. The number of carbonyl (C=O) groups excluding carboxylic acids is 2. The molecule has 7 nitrogen and oxygen atoms in total. The van der Waals surface area contributed by atoms with Gasteiger partial charge in [-0.1, -0.05) is 65.8 Å². The van der Waals surface area contributed by atoms with Crippen LogP contribution in [-0.2, 0) is 23.7 Å². The SMILES string of the molecule is O=C(CSc1nnc(CNC(=O)c2cccc3ccccc23)n1-c1cccc(C(F)(F)F)c1)Nc1cc(C(F)(F)F)ccc1Cl. The molecule has 1 aromatic heterocycles. The van der Waals surface area contributed by atoms with Gasteiger partial charge in [0.2, 0.25) is 5.91 Å². The predicted octanol–water partition coefficient (Wildman–Crippen LogP) is 7.77. The minimum atomic E-state index is -4.67. The molecule has 5 aromatic rings. The quantitative estimate of drug-likeness (QED) is 0.131. The summed E-state index contributed by atoms with van der Waals surface area (Å²) in [4.78, 5) is 25.8. The highest BCUT2D eigenvalue weighted by molar-refractivity contribution is 7.99. The average molecular weight is 664 g/mol. The van der Waals surface area contributed by atoms with Crippen molar-refractivity contribution < 1.29 is 35.9 Å². The van der Waals surface area contributed by atoms with Gasteiger partial charge >= 0.3 is 12.4 Å². The topological polar surface area (TPSA) is 88.9 Å². The molecule has 0 spiro atoms. The first-order valence-electron chi connectivity index (χ1n) is 13.0. The molecule has 2 amide bonds. The van der Waals surface area contributed by atoms with Crippen LogP contribution in [0.3, 0.4) is 0 Å². The zero-order valence-electron chi connectivity index (χ0n) is 22.7. The summed E-state index contributed by atoms with van der Waals surface area (Å²) >= 11 is 6.73. The zero-order chi connectivity index (χ0) is 32.4. The van der Waals surface area contributed by atoms with E-state index in [9.17, 15) is 35.9 Å². The molecule has 0 fully saturated rings. The second kappa shape index (κ2) is 12.8. The molecule has 4 aromatic carbocycles. The summed E-state index contributed by atoms with van der Waals surface area (Å²) in [5.41, 5.74) is -1.86. The molecule has 0 unspecified atom stereocenters. The van der Waals surface area contributed by atoms with Gasteiger partial charge in [-0.3, -0.25) is 14.2 Å². The molecule has 15 heteroatoms. The van der Waals surface area contributed by atoms with Crippen molar-refractivity contribution >= 4 is 51.6 Å². The lowest BCUT2D eigenvalue weighted by molar-refractivity contribution is -0.138. The Kier molecular flexibility index (Phi) is 9.07. The summed E-state index contributed by atoms with van der Waals surface area (Å²) in [5.74, 6) is -1.57. The Bertz CT molecular complexity index is 1890. The molecule has 0 radical (unpaired) electrons. The van der Waals surface area contributed by atoms with Crippen LogP contribution >= 0.6 is 23.4 Å². The molecule has 0 aliphatic rings. The van der Waals surface area contributed by atoms with E-state index in [4.69, 9.17) is 11.6 Å². The van der Waals surface area contributed by atoms with E-state index in [1.807, 2.05) is 18.2 Å². The Labute approximate surface area is 260 Å². The van der Waals surface area contributed by atoms with Crippen molar-refractivity contribution in [2.75, 3.05) is 11.1 Å². The van der Waals surface area contributed by atoms with E-state index < -0.39 is 41.0 Å². The van der Waals surface area contributed by atoms with Crippen LogP contribution in [-0.4, -0.2) is 32.3 Å². The predicted molar refractivity (Wildman–Crippen MR) is 157 cm³/mol. The molecule has 0 bridgehead atoms. The summed E-state index contributed by atoms with van der Waals surface area (Å²) < 4.78 is 81.2. The van der Waals surface area contributed by atoms with Crippen LogP contribution in [0.1, 0.15) is 27.3 Å². The first kappa shape index (κ1) is 31.9. The third kappa shape index (κ3) is 7.40. The number of aromatic nitrogens is 3. The number of rotatable bonds is 8. The largest absolute Gasteiger partial charge is 0.416 e. The van der Waals surface area contributed by atoms with Crippen molar-refractivity contribution in [2.45, 2.75) is 24.1 Å². The van der Waals surface area contributed by atoms with Gasteiger partial charge in [-0.05, 0) is 53.2 Å². The zero-order valence-corrected chi connectivity index (χ0v) is 24.3. The standard InChI is InChI=1S/C30H20ClF6N5O2S/c31-23-12-11-19(30(35,36)37)14-24(23)39-26(43)16-45-28-41-40-25(42(28)20-8-4-7-18(13-20)29(32,33)34)15-38-27(44)22-10-3-6-17-5-1-2-9-21(17)22/h1-14H,15-16H2,(H,38,44)(H,39,43). The number of benzene rings is 4. The van der Waals surface area contributed by atoms with E-state index in [-0.39, 0.29) is 33.9 Å². The fraction of sp³-hybridized carbons (Fsp3) is 0.133. The Hall–Kier alpha value is -4.56. The molecule has 1 heterocycles. The van der Waals surface area contributed by atoms with Crippen LogP contribution in [0, 0.1) is 0 Å². The van der Waals surface area contributed by atoms with Crippen molar-refractivity contribution in [2.24, 2.45) is 0 Å². The summed E-state index contributed by atoms with van der Waals surface area (Å²) in [5, 5.41) is 14.5. The molecule has 0 atom stereocenters. The first-order chi connectivity index (χ1) is 21.3. The second-order valence-electron chi connectivity index (χ2n) is 9.52. The highest BCUT2D eigenvalue weighted by Crippen LogP contribution is 2.35. The van der Waals surface area contributed by atoms with Gasteiger partial charge in [-0.15, -0.1) is 10.2 Å². The monoisotopic (exact) mass is 663 g/mol. The number of thioether (sulfide) groups is 1. The maximum Gasteiger partial charge on any atom is 0.416 e. The van der Waals surface area contributed by atoms with Gasteiger partial charge in [0.15, 0.2) is 11.0 Å². The van der Waals surface area contributed by atoms with E-state index in [1.165, 1.54) is 16.7 Å². The van der Waals surface area contributed by atoms with E-state index in [1.54, 1.807) is 24.3 Å². The van der Waals surface area contributed by atoms with Gasteiger partial charge in [-0.2, -0.15) is 26.3 Å². The minimum Gasteiger partial charge on any atom is -0.345 e. The smallest absolute Gasteiger partial charge is 0.345 e. The Morgan fingerprint density at radius 1 is 0.822 bits per heavy atom. The molecular weight excluding hydrogens is 644 g/mol. The fourth-order valence-electron chi connectivity index (χ4n) is 4.38. The molecular formula is C30H20ClF6N5O2S. The summed E-state index contributed by atoms with van der Waals surface area (Å²) in [7, 11) is 0. The molecule has 45 heavy (non-hydrogen) atoms. The molecule has 232 valence electrons. The lowest BCUT2D eigenvalue weighted by atomic mass is 10.0. The fourth-order valence-corrected chi connectivity index (χ4v) is 5.32. The van der Waals surface area contributed by atoms with Gasteiger partial charge in [0.25, 0.3) is 5.91 Å². The number of carbonyl (C=O) groups is 2. The lowest BCUT2D eigenvalue weighted by Gasteiger charge is -2.14. The van der Waals surface area contributed by atoms with Gasteiger partial charge in [0, 0.05) is 5.56 Å². The Morgan fingerprint density at radius 2 is 1.51 bits per heavy atom. The number of hydrogen-bond acceptors (Lipinski definition) is 5.